The van der Waals surface area contributed by atoms with Gasteiger partial charge in [0, 0.05) is 0 Å². The van der Waals surface area contributed by atoms with Crippen LogP contribution in [0.4, 0.5) is 0 Å². The summed E-state index contributed by atoms with van der Waals surface area (Å²) in [5.74, 6) is -0.828. The number of halogens is 1. The first-order chi connectivity index (χ1) is 8.74. The molecule has 18 heavy (non-hydrogen) atoms. The summed E-state index contributed by atoms with van der Waals surface area (Å²) < 4.78 is 17.2. The highest BCUT2D eigenvalue weighted by Crippen LogP contribution is 2.20. The van der Waals surface area contributed by atoms with Crippen molar-refractivity contribution in [2.75, 3.05) is 25.7 Å². The minimum Gasteiger partial charge on any atom is -0.327 e. The van der Waals surface area contributed by atoms with Crippen molar-refractivity contribution in [1.82, 2.24) is 0 Å². The first kappa shape index (κ1) is 18.2. The number of unbranched alkanes of at least 4 members (excludes halogenated alkanes) is 3. The zero-order valence-electron chi connectivity index (χ0n) is 12.2. The summed E-state index contributed by atoms with van der Waals surface area (Å²) in [4.78, 5) is 0. The van der Waals surface area contributed by atoms with E-state index in [2.05, 4.69) is 20.8 Å². The smallest absolute Gasteiger partial charge is 0.297 e. The highest BCUT2D eigenvalue weighted by molar-refractivity contribution is 6.18. The number of ether oxygens (including phenoxy) is 3. The lowest BCUT2D eigenvalue weighted by molar-refractivity contribution is -0.367. The predicted octanol–water partition coefficient (Wildman–Crippen LogP) is 4.33. The molecule has 0 aromatic carbocycles. The molecule has 0 bridgehead atoms. The van der Waals surface area contributed by atoms with Gasteiger partial charge in [0.15, 0.2) is 0 Å². The van der Waals surface area contributed by atoms with Crippen LogP contribution >= 0.6 is 11.6 Å². The van der Waals surface area contributed by atoms with Crippen LogP contribution < -0.4 is 0 Å². The van der Waals surface area contributed by atoms with Crippen molar-refractivity contribution < 1.29 is 14.2 Å². The van der Waals surface area contributed by atoms with E-state index in [1.165, 1.54) is 0 Å². The summed E-state index contributed by atoms with van der Waals surface area (Å²) >= 11 is 5.99. The average molecular weight is 281 g/mol. The summed E-state index contributed by atoms with van der Waals surface area (Å²) in [6.07, 6.45) is 6.24. The molecule has 3 nitrogen and oxygen atoms in total. The van der Waals surface area contributed by atoms with Crippen molar-refractivity contribution in [3.8, 4) is 0 Å². The third-order valence-electron chi connectivity index (χ3n) is 2.62. The Morgan fingerprint density at radius 3 is 1.28 bits per heavy atom. The number of alkyl halides is 1. The molecule has 0 aliphatic rings. The van der Waals surface area contributed by atoms with Crippen LogP contribution in [0.3, 0.4) is 0 Å². The maximum absolute atomic E-state index is 5.99. The number of rotatable bonds is 13. The summed E-state index contributed by atoms with van der Waals surface area (Å²) in [5.41, 5.74) is 0. The van der Waals surface area contributed by atoms with Gasteiger partial charge < -0.3 is 14.2 Å². The number of hydrogen-bond donors (Lipinski definition) is 0. The van der Waals surface area contributed by atoms with E-state index in [4.69, 9.17) is 25.8 Å². The van der Waals surface area contributed by atoms with Gasteiger partial charge in [-0.15, -0.1) is 11.6 Å². The summed E-state index contributed by atoms with van der Waals surface area (Å²) in [6, 6.07) is 0. The first-order valence-corrected chi connectivity index (χ1v) is 7.76. The van der Waals surface area contributed by atoms with Crippen molar-refractivity contribution in [1.29, 1.82) is 0 Å². The Labute approximate surface area is 117 Å². The second-order valence-corrected chi connectivity index (χ2v) is 4.69. The van der Waals surface area contributed by atoms with Gasteiger partial charge in [-0.2, -0.15) is 0 Å². The SMILES string of the molecule is CCCCOC(CCl)(OCCCC)OCCCC. The van der Waals surface area contributed by atoms with Gasteiger partial charge in [0.05, 0.1) is 19.8 Å². The van der Waals surface area contributed by atoms with E-state index in [9.17, 15) is 0 Å². The third kappa shape index (κ3) is 8.30. The fourth-order valence-corrected chi connectivity index (χ4v) is 1.59. The zero-order chi connectivity index (χ0) is 13.7. The standard InChI is InChI=1S/C14H29ClO3/c1-4-7-10-16-14(13-15,17-11-8-5-2)18-12-9-6-3/h4-13H2,1-3H3. The Kier molecular flexibility index (Phi) is 12.3. The van der Waals surface area contributed by atoms with Gasteiger partial charge in [0.2, 0.25) is 0 Å². The van der Waals surface area contributed by atoms with Gasteiger partial charge in [-0.3, -0.25) is 0 Å². The normalized spacial score (nSPS) is 12.0. The first-order valence-electron chi connectivity index (χ1n) is 7.22. The molecule has 0 heterocycles. The van der Waals surface area contributed by atoms with Gasteiger partial charge in [0.1, 0.15) is 5.88 Å². The maximum atomic E-state index is 5.99. The molecule has 0 saturated carbocycles. The van der Waals surface area contributed by atoms with E-state index in [1.807, 2.05) is 0 Å². The molecule has 0 spiro atoms. The Hall–Kier alpha value is 0.170. The van der Waals surface area contributed by atoms with Crippen molar-refractivity contribution in [3.63, 3.8) is 0 Å². The number of hydrogen-bond acceptors (Lipinski definition) is 3. The van der Waals surface area contributed by atoms with E-state index < -0.39 is 5.97 Å². The van der Waals surface area contributed by atoms with Gasteiger partial charge >= 0.3 is 0 Å². The van der Waals surface area contributed by atoms with Crippen LogP contribution in [-0.2, 0) is 14.2 Å². The Morgan fingerprint density at radius 1 is 0.722 bits per heavy atom. The van der Waals surface area contributed by atoms with Gasteiger partial charge in [0.25, 0.3) is 5.97 Å². The van der Waals surface area contributed by atoms with Crippen LogP contribution in [0.5, 0.6) is 0 Å². The molecule has 0 aliphatic heterocycles. The molecule has 0 aliphatic carbocycles. The lowest BCUT2D eigenvalue weighted by Gasteiger charge is -2.31. The highest BCUT2D eigenvalue weighted by Gasteiger charge is 2.32. The molecule has 0 rings (SSSR count). The summed E-state index contributed by atoms with van der Waals surface area (Å²) in [7, 11) is 0. The topological polar surface area (TPSA) is 27.7 Å². The molecule has 4 heteroatoms. The molecule has 0 radical (unpaired) electrons. The molecule has 0 fully saturated rings. The minimum atomic E-state index is -1.04. The van der Waals surface area contributed by atoms with Gasteiger partial charge in [-0.25, -0.2) is 0 Å². The highest BCUT2D eigenvalue weighted by atomic mass is 35.5. The van der Waals surface area contributed by atoms with Gasteiger partial charge in [-0.05, 0) is 19.3 Å². The van der Waals surface area contributed by atoms with Crippen molar-refractivity contribution in [2.24, 2.45) is 0 Å². The van der Waals surface area contributed by atoms with Crippen molar-refractivity contribution >= 4 is 11.6 Å². The maximum Gasteiger partial charge on any atom is 0.297 e. The average Bonchev–Trinajstić information content (AvgIpc) is 2.39. The van der Waals surface area contributed by atoms with E-state index in [0.717, 1.165) is 38.5 Å². The van der Waals surface area contributed by atoms with E-state index in [1.54, 1.807) is 0 Å². The third-order valence-corrected chi connectivity index (χ3v) is 2.95. The fourth-order valence-electron chi connectivity index (χ4n) is 1.36. The summed E-state index contributed by atoms with van der Waals surface area (Å²) in [5, 5.41) is 0. The molecule has 110 valence electrons. The van der Waals surface area contributed by atoms with Crippen LogP contribution in [0.15, 0.2) is 0 Å². The van der Waals surface area contributed by atoms with E-state index >= 15 is 0 Å². The Morgan fingerprint density at radius 2 is 1.06 bits per heavy atom. The molecule has 0 aromatic heterocycles. The fraction of sp³-hybridized carbons (Fsp3) is 1.00. The minimum absolute atomic E-state index is 0.212. The Balaban J connectivity index is 4.20. The lowest BCUT2D eigenvalue weighted by atomic mass is 10.3. The van der Waals surface area contributed by atoms with Crippen molar-refractivity contribution in [2.45, 2.75) is 65.3 Å². The molecule has 0 atom stereocenters. The molecular formula is C14H29ClO3. The lowest BCUT2D eigenvalue weighted by Crippen LogP contribution is -2.42. The molecule has 0 aromatic rings. The van der Waals surface area contributed by atoms with Crippen LogP contribution in [0, 0.1) is 0 Å². The van der Waals surface area contributed by atoms with E-state index in [0.29, 0.717) is 19.8 Å². The second-order valence-electron chi connectivity index (χ2n) is 4.42. The second kappa shape index (κ2) is 12.2. The Bertz CT molecular complexity index is 150. The van der Waals surface area contributed by atoms with Crippen molar-refractivity contribution in [3.05, 3.63) is 0 Å². The van der Waals surface area contributed by atoms with Crippen LogP contribution in [0.25, 0.3) is 0 Å². The molecule has 0 N–H and O–H groups in total. The molecular weight excluding hydrogens is 252 g/mol. The zero-order valence-corrected chi connectivity index (χ0v) is 12.9. The quantitative estimate of drug-likeness (QED) is 0.285. The van der Waals surface area contributed by atoms with Crippen LogP contribution in [0.1, 0.15) is 59.3 Å². The van der Waals surface area contributed by atoms with Crippen LogP contribution in [0.2, 0.25) is 0 Å². The monoisotopic (exact) mass is 280 g/mol. The largest absolute Gasteiger partial charge is 0.327 e. The van der Waals surface area contributed by atoms with Crippen LogP contribution in [-0.4, -0.2) is 31.7 Å². The van der Waals surface area contributed by atoms with E-state index in [-0.39, 0.29) is 5.88 Å². The molecule has 0 amide bonds. The van der Waals surface area contributed by atoms with Gasteiger partial charge in [-0.1, -0.05) is 40.0 Å². The molecule has 0 saturated heterocycles. The summed E-state index contributed by atoms with van der Waals surface area (Å²) in [6.45, 7) is 8.26. The predicted molar refractivity (Wildman–Crippen MR) is 76.0 cm³/mol. The molecule has 0 unspecified atom stereocenters.